The molecule has 102 valence electrons. The van der Waals surface area contributed by atoms with Crippen LogP contribution < -0.4 is 10.6 Å². The van der Waals surface area contributed by atoms with E-state index in [1.54, 1.807) is 7.11 Å². The molecule has 0 aromatic carbocycles. The molecule has 1 rings (SSSR count). The van der Waals surface area contributed by atoms with E-state index in [-0.39, 0.29) is 6.04 Å². The summed E-state index contributed by atoms with van der Waals surface area (Å²) in [5, 5.41) is 6.53. The number of nitrogens with one attached hydrogen (secondary N) is 2. The van der Waals surface area contributed by atoms with Crippen LogP contribution in [0.5, 0.6) is 0 Å². The number of rotatable bonds is 6. The molecular weight excluding hydrogens is 228 g/mol. The van der Waals surface area contributed by atoms with Crippen molar-refractivity contribution in [3.63, 3.8) is 0 Å². The Morgan fingerprint density at radius 2 is 2.33 bits per heavy atom. The molecule has 0 saturated carbocycles. The van der Waals surface area contributed by atoms with E-state index in [1.807, 2.05) is 17.8 Å². The third kappa shape index (κ3) is 5.23. The molecule has 0 amide bonds. The summed E-state index contributed by atoms with van der Waals surface area (Å²) in [4.78, 5) is 4.54. The molecule has 1 atom stereocenters. The fourth-order valence-corrected chi connectivity index (χ4v) is 1.67. The first-order chi connectivity index (χ1) is 8.65. The summed E-state index contributed by atoms with van der Waals surface area (Å²) in [5.41, 5.74) is 1.20. The summed E-state index contributed by atoms with van der Waals surface area (Å²) >= 11 is 0. The van der Waals surface area contributed by atoms with E-state index in [2.05, 4.69) is 41.7 Å². The summed E-state index contributed by atoms with van der Waals surface area (Å²) in [6.07, 6.45) is 4.10. The Bertz CT molecular complexity index is 373. The van der Waals surface area contributed by atoms with Gasteiger partial charge in [-0.2, -0.15) is 0 Å². The van der Waals surface area contributed by atoms with Gasteiger partial charge < -0.3 is 19.9 Å². The second kappa shape index (κ2) is 7.76. The van der Waals surface area contributed by atoms with Gasteiger partial charge in [0.05, 0.1) is 13.2 Å². The van der Waals surface area contributed by atoms with Crippen LogP contribution in [0.15, 0.2) is 23.5 Å². The van der Waals surface area contributed by atoms with Crippen LogP contribution in [0.3, 0.4) is 0 Å². The van der Waals surface area contributed by atoms with Gasteiger partial charge in [0.1, 0.15) is 0 Å². The third-order valence-electron chi connectivity index (χ3n) is 2.46. The second-order valence-electron chi connectivity index (χ2n) is 4.38. The summed E-state index contributed by atoms with van der Waals surface area (Å²) < 4.78 is 7.13. The van der Waals surface area contributed by atoms with Crippen molar-refractivity contribution in [3.05, 3.63) is 24.0 Å². The Morgan fingerprint density at radius 3 is 2.89 bits per heavy atom. The van der Waals surface area contributed by atoms with Crippen molar-refractivity contribution in [2.24, 2.45) is 12.0 Å². The summed E-state index contributed by atoms with van der Waals surface area (Å²) in [7, 11) is 3.71. The number of methoxy groups -OCH3 is 1. The Labute approximate surface area is 109 Å². The van der Waals surface area contributed by atoms with Gasteiger partial charge in [-0.05, 0) is 25.5 Å². The Kier molecular flexibility index (Phi) is 6.28. The Hall–Kier alpha value is -1.49. The molecule has 5 heteroatoms. The van der Waals surface area contributed by atoms with E-state index in [9.17, 15) is 0 Å². The number of guanidine groups is 1. The largest absolute Gasteiger partial charge is 0.383 e. The van der Waals surface area contributed by atoms with Crippen molar-refractivity contribution in [1.82, 2.24) is 15.2 Å². The molecule has 0 spiro atoms. The minimum Gasteiger partial charge on any atom is -0.383 e. The Morgan fingerprint density at radius 1 is 1.56 bits per heavy atom. The van der Waals surface area contributed by atoms with E-state index in [0.717, 1.165) is 12.5 Å². The molecule has 0 radical (unpaired) electrons. The summed E-state index contributed by atoms with van der Waals surface area (Å²) in [6.45, 7) is 6.31. The highest BCUT2D eigenvalue weighted by atomic mass is 16.5. The number of ether oxygens (including phenoxy) is 1. The van der Waals surface area contributed by atoms with Gasteiger partial charge in [0.25, 0.3) is 0 Å². The average Bonchev–Trinajstić information content (AvgIpc) is 2.73. The lowest BCUT2D eigenvalue weighted by Crippen LogP contribution is -2.43. The van der Waals surface area contributed by atoms with Gasteiger partial charge in [-0.25, -0.2) is 4.99 Å². The van der Waals surface area contributed by atoms with Crippen molar-refractivity contribution >= 4 is 5.96 Å². The highest BCUT2D eigenvalue weighted by molar-refractivity contribution is 5.80. The van der Waals surface area contributed by atoms with Crippen molar-refractivity contribution in [2.75, 3.05) is 20.3 Å². The van der Waals surface area contributed by atoms with Crippen molar-refractivity contribution < 1.29 is 4.74 Å². The minimum absolute atomic E-state index is 0.239. The molecule has 0 aliphatic carbocycles. The number of hydrogen-bond donors (Lipinski definition) is 2. The highest BCUT2D eigenvalue weighted by Crippen LogP contribution is 2.01. The normalized spacial score (nSPS) is 13.4. The number of nitrogens with zero attached hydrogens (tertiary/aromatic N) is 2. The third-order valence-corrected chi connectivity index (χ3v) is 2.46. The van der Waals surface area contributed by atoms with Crippen molar-refractivity contribution in [3.8, 4) is 0 Å². The molecule has 0 bridgehead atoms. The zero-order valence-electron chi connectivity index (χ0n) is 11.7. The molecule has 0 saturated heterocycles. The van der Waals surface area contributed by atoms with Crippen LogP contribution in [0.2, 0.25) is 0 Å². The number of aryl methyl sites for hydroxylation is 1. The molecule has 1 aromatic heterocycles. The van der Waals surface area contributed by atoms with E-state index in [4.69, 9.17) is 4.74 Å². The molecule has 1 unspecified atom stereocenters. The molecule has 2 N–H and O–H groups in total. The van der Waals surface area contributed by atoms with Gasteiger partial charge in [0.15, 0.2) is 5.96 Å². The van der Waals surface area contributed by atoms with E-state index >= 15 is 0 Å². The zero-order chi connectivity index (χ0) is 13.4. The maximum absolute atomic E-state index is 5.10. The monoisotopic (exact) mass is 252 g/mol. The van der Waals surface area contributed by atoms with Crippen molar-refractivity contribution in [2.45, 2.75) is 26.4 Å². The first kappa shape index (κ1) is 14.6. The fraction of sp³-hybridized carbons (Fsp3) is 0.615. The number of aliphatic imine (C=N–C) groups is 1. The lowest BCUT2D eigenvalue weighted by atomic mass is 10.3. The van der Waals surface area contributed by atoms with Crippen molar-refractivity contribution in [1.29, 1.82) is 0 Å². The van der Waals surface area contributed by atoms with Gasteiger partial charge in [-0.1, -0.05) is 0 Å². The molecule has 0 aliphatic heterocycles. The SMILES string of the molecule is CCNC(=NCc1ccn(C)c1)NC(C)COC. The molecule has 5 nitrogen and oxygen atoms in total. The maximum Gasteiger partial charge on any atom is 0.191 e. The standard InChI is InChI=1S/C13H24N4O/c1-5-14-13(16-11(2)10-18-4)15-8-12-6-7-17(3)9-12/h6-7,9,11H,5,8,10H2,1-4H3,(H2,14,15,16). The highest BCUT2D eigenvalue weighted by Gasteiger charge is 2.04. The van der Waals surface area contributed by atoms with Gasteiger partial charge >= 0.3 is 0 Å². The number of hydrogen-bond acceptors (Lipinski definition) is 2. The molecule has 18 heavy (non-hydrogen) atoms. The zero-order valence-corrected chi connectivity index (χ0v) is 11.7. The number of aromatic nitrogens is 1. The minimum atomic E-state index is 0.239. The predicted octanol–water partition coefficient (Wildman–Crippen LogP) is 1.12. The molecule has 0 fully saturated rings. The average molecular weight is 252 g/mol. The fourth-order valence-electron chi connectivity index (χ4n) is 1.67. The predicted molar refractivity (Wildman–Crippen MR) is 74.7 cm³/mol. The van der Waals surface area contributed by atoms with Crippen LogP contribution in [0, 0.1) is 0 Å². The lowest BCUT2D eigenvalue weighted by molar-refractivity contribution is 0.179. The van der Waals surface area contributed by atoms with Crippen LogP contribution in [-0.4, -0.2) is 36.8 Å². The quantitative estimate of drug-likeness (QED) is 0.589. The summed E-state index contributed by atoms with van der Waals surface area (Å²) in [6, 6.07) is 2.31. The maximum atomic E-state index is 5.10. The first-order valence-corrected chi connectivity index (χ1v) is 6.30. The second-order valence-corrected chi connectivity index (χ2v) is 4.38. The van der Waals surface area contributed by atoms with Crippen LogP contribution in [0.25, 0.3) is 0 Å². The van der Waals surface area contributed by atoms with Crippen LogP contribution >= 0.6 is 0 Å². The summed E-state index contributed by atoms with van der Waals surface area (Å²) in [5.74, 6) is 0.825. The first-order valence-electron chi connectivity index (χ1n) is 6.30. The van der Waals surface area contributed by atoms with E-state index in [0.29, 0.717) is 13.2 Å². The van der Waals surface area contributed by atoms with Gasteiger partial charge in [0, 0.05) is 39.1 Å². The Balaban J connectivity index is 2.54. The smallest absolute Gasteiger partial charge is 0.191 e. The van der Waals surface area contributed by atoms with E-state index < -0.39 is 0 Å². The van der Waals surface area contributed by atoms with Crippen LogP contribution in [0.1, 0.15) is 19.4 Å². The molecule has 1 aromatic rings. The van der Waals surface area contributed by atoms with Crippen LogP contribution in [-0.2, 0) is 18.3 Å². The lowest BCUT2D eigenvalue weighted by Gasteiger charge is -2.16. The molecule has 0 aliphatic rings. The van der Waals surface area contributed by atoms with Gasteiger partial charge in [-0.15, -0.1) is 0 Å². The van der Waals surface area contributed by atoms with Gasteiger partial charge in [-0.3, -0.25) is 0 Å². The topological polar surface area (TPSA) is 50.6 Å². The molecule has 1 heterocycles. The van der Waals surface area contributed by atoms with Crippen LogP contribution in [0.4, 0.5) is 0 Å². The molecular formula is C13H24N4O. The van der Waals surface area contributed by atoms with E-state index in [1.165, 1.54) is 5.56 Å². The van der Waals surface area contributed by atoms with Gasteiger partial charge in [0.2, 0.25) is 0 Å².